The first-order valence-electron chi connectivity index (χ1n) is 8.59. The Labute approximate surface area is 147 Å². The normalized spacial score (nSPS) is 23.9. The van der Waals surface area contributed by atoms with Gasteiger partial charge in [-0.05, 0) is 30.2 Å². The van der Waals surface area contributed by atoms with Crippen LogP contribution in [0, 0.1) is 0 Å². The summed E-state index contributed by atoms with van der Waals surface area (Å²) in [5, 5.41) is 0. The molecule has 0 aromatic heterocycles. The van der Waals surface area contributed by atoms with E-state index in [4.69, 9.17) is 9.47 Å². The molecule has 2 saturated heterocycles. The van der Waals surface area contributed by atoms with Gasteiger partial charge in [-0.2, -0.15) is 4.31 Å². The number of sulfonamides is 1. The highest BCUT2D eigenvalue weighted by Crippen LogP contribution is 2.35. The van der Waals surface area contributed by atoms with Crippen molar-refractivity contribution >= 4 is 21.6 Å². The first-order chi connectivity index (χ1) is 11.9. The van der Waals surface area contributed by atoms with E-state index in [1.54, 1.807) is 30.1 Å². The topological polar surface area (TPSA) is 76.2 Å². The number of anilines is 1. The summed E-state index contributed by atoms with van der Waals surface area (Å²) in [6, 6.07) is 5.03. The van der Waals surface area contributed by atoms with Crippen LogP contribution in [0.4, 0.5) is 5.69 Å². The first kappa shape index (κ1) is 17.0. The van der Waals surface area contributed by atoms with Gasteiger partial charge in [-0.3, -0.25) is 4.79 Å². The number of fused-ring (bicyclic) bond motifs is 1. The molecule has 1 aromatic rings. The van der Waals surface area contributed by atoms with Gasteiger partial charge in [-0.15, -0.1) is 0 Å². The summed E-state index contributed by atoms with van der Waals surface area (Å²) < 4.78 is 38.8. The van der Waals surface area contributed by atoms with Crippen LogP contribution in [0.3, 0.4) is 0 Å². The number of aryl methyl sites for hydroxylation is 1. The number of benzene rings is 1. The molecule has 8 heteroatoms. The second-order valence-electron chi connectivity index (χ2n) is 6.75. The number of carbonyl (C=O) groups excluding carboxylic acids is 1. The lowest BCUT2D eigenvalue weighted by atomic mass is 10.0. The quantitative estimate of drug-likeness (QED) is 0.784. The summed E-state index contributed by atoms with van der Waals surface area (Å²) in [5.74, 6) is -0.536. The van der Waals surface area contributed by atoms with E-state index in [0.717, 1.165) is 11.3 Å². The fourth-order valence-corrected chi connectivity index (χ4v) is 5.29. The Morgan fingerprint density at radius 2 is 1.76 bits per heavy atom. The molecule has 25 heavy (non-hydrogen) atoms. The summed E-state index contributed by atoms with van der Waals surface area (Å²) in [4.78, 5) is 13.7. The van der Waals surface area contributed by atoms with Crippen LogP contribution >= 0.6 is 0 Å². The van der Waals surface area contributed by atoms with Crippen molar-refractivity contribution in [1.82, 2.24) is 4.31 Å². The number of amides is 1. The zero-order valence-electron chi connectivity index (χ0n) is 14.2. The second-order valence-corrected chi connectivity index (χ2v) is 8.69. The van der Waals surface area contributed by atoms with Crippen LogP contribution in [-0.2, 0) is 30.7 Å². The number of hydrogen-bond acceptors (Lipinski definition) is 5. The predicted octanol–water partition coefficient (Wildman–Crippen LogP) is 1.12. The van der Waals surface area contributed by atoms with Gasteiger partial charge in [-0.1, -0.05) is 0 Å². The third-order valence-electron chi connectivity index (χ3n) is 5.33. The molecule has 0 N–H and O–H groups in total. The lowest BCUT2D eigenvalue weighted by Gasteiger charge is -2.37. The van der Waals surface area contributed by atoms with Crippen LogP contribution in [0.1, 0.15) is 24.8 Å². The number of nitrogens with zero attached hydrogens (tertiary/aromatic N) is 2. The van der Waals surface area contributed by atoms with Crippen molar-refractivity contribution in [3.05, 3.63) is 23.8 Å². The Morgan fingerprint density at radius 3 is 2.44 bits per heavy atom. The molecule has 0 radical (unpaired) electrons. The standard InChI is InChI=1S/C17H22N2O5S/c1-18-15-4-3-14(12-13(15)2-5-16(18)20)25(21,22)19-8-6-17(7-9-19)23-10-11-24-17/h3-4,12H,2,5-11H2,1H3. The van der Waals surface area contributed by atoms with Crippen molar-refractivity contribution in [3.8, 4) is 0 Å². The molecule has 3 aliphatic rings. The van der Waals surface area contributed by atoms with Gasteiger partial charge in [0.25, 0.3) is 0 Å². The van der Waals surface area contributed by atoms with E-state index in [9.17, 15) is 13.2 Å². The third kappa shape index (κ3) is 2.87. The van der Waals surface area contributed by atoms with Gasteiger partial charge in [0, 0.05) is 45.1 Å². The average molecular weight is 366 g/mol. The fraction of sp³-hybridized carbons (Fsp3) is 0.588. The lowest BCUT2D eigenvalue weighted by Crippen LogP contribution is -2.47. The SMILES string of the molecule is CN1C(=O)CCc2cc(S(=O)(=O)N3CCC4(CC3)OCCO4)ccc21. The van der Waals surface area contributed by atoms with Crippen molar-refractivity contribution in [2.24, 2.45) is 0 Å². The van der Waals surface area contributed by atoms with E-state index in [1.807, 2.05) is 0 Å². The number of ether oxygens (including phenoxy) is 2. The summed E-state index contributed by atoms with van der Waals surface area (Å²) in [7, 11) is -1.83. The average Bonchev–Trinajstić information content (AvgIpc) is 3.06. The second kappa shape index (κ2) is 6.05. The van der Waals surface area contributed by atoms with Gasteiger partial charge in [0.1, 0.15) is 0 Å². The molecular formula is C17H22N2O5S. The smallest absolute Gasteiger partial charge is 0.243 e. The van der Waals surface area contributed by atoms with Crippen LogP contribution in [0.15, 0.2) is 23.1 Å². The maximum atomic E-state index is 13.0. The van der Waals surface area contributed by atoms with Gasteiger partial charge < -0.3 is 14.4 Å². The maximum Gasteiger partial charge on any atom is 0.243 e. The molecule has 3 aliphatic heterocycles. The summed E-state index contributed by atoms with van der Waals surface area (Å²) in [6.45, 7) is 1.92. The Balaban J connectivity index is 1.56. The van der Waals surface area contributed by atoms with Gasteiger partial charge in [0.05, 0.1) is 18.1 Å². The van der Waals surface area contributed by atoms with Gasteiger partial charge >= 0.3 is 0 Å². The van der Waals surface area contributed by atoms with E-state index in [2.05, 4.69) is 0 Å². The minimum absolute atomic E-state index is 0.0565. The molecule has 0 saturated carbocycles. The molecular weight excluding hydrogens is 344 g/mol. The Bertz CT molecular complexity index is 791. The van der Waals surface area contributed by atoms with Crippen LogP contribution in [-0.4, -0.2) is 57.8 Å². The Hall–Kier alpha value is -1.48. The lowest BCUT2D eigenvalue weighted by molar-refractivity contribution is -0.179. The minimum atomic E-state index is -3.55. The Kier molecular flexibility index (Phi) is 4.10. The van der Waals surface area contributed by atoms with Crippen molar-refractivity contribution in [2.45, 2.75) is 36.4 Å². The van der Waals surface area contributed by atoms with Crippen molar-refractivity contribution in [2.75, 3.05) is 38.3 Å². The Morgan fingerprint density at radius 1 is 1.08 bits per heavy atom. The summed E-state index contributed by atoms with van der Waals surface area (Å²) >= 11 is 0. The highest BCUT2D eigenvalue weighted by Gasteiger charge is 2.42. The van der Waals surface area contributed by atoms with E-state index < -0.39 is 15.8 Å². The van der Waals surface area contributed by atoms with Crippen LogP contribution in [0.2, 0.25) is 0 Å². The van der Waals surface area contributed by atoms with Crippen molar-refractivity contribution < 1.29 is 22.7 Å². The van der Waals surface area contributed by atoms with Crippen LogP contribution < -0.4 is 4.90 Å². The summed E-state index contributed by atoms with van der Waals surface area (Å²) in [6.07, 6.45) is 2.09. The third-order valence-corrected chi connectivity index (χ3v) is 7.22. The number of hydrogen-bond donors (Lipinski definition) is 0. The summed E-state index contributed by atoms with van der Waals surface area (Å²) in [5.41, 5.74) is 1.69. The molecule has 4 rings (SSSR count). The highest BCUT2D eigenvalue weighted by atomic mass is 32.2. The van der Waals surface area contributed by atoms with E-state index in [0.29, 0.717) is 56.9 Å². The zero-order valence-corrected chi connectivity index (χ0v) is 15.0. The molecule has 3 heterocycles. The van der Waals surface area contributed by atoms with Gasteiger partial charge in [-0.25, -0.2) is 8.42 Å². The molecule has 136 valence electrons. The molecule has 0 unspecified atom stereocenters. The number of rotatable bonds is 2. The van der Waals surface area contributed by atoms with Crippen molar-refractivity contribution in [3.63, 3.8) is 0 Å². The predicted molar refractivity (Wildman–Crippen MR) is 90.8 cm³/mol. The van der Waals surface area contributed by atoms with Crippen LogP contribution in [0.25, 0.3) is 0 Å². The molecule has 1 amide bonds. The first-order valence-corrected chi connectivity index (χ1v) is 10.0. The molecule has 0 aliphatic carbocycles. The molecule has 2 fully saturated rings. The molecule has 7 nitrogen and oxygen atoms in total. The highest BCUT2D eigenvalue weighted by molar-refractivity contribution is 7.89. The fourth-order valence-electron chi connectivity index (χ4n) is 3.80. The number of carbonyl (C=O) groups is 1. The van der Waals surface area contributed by atoms with Gasteiger partial charge in [0.2, 0.25) is 15.9 Å². The molecule has 0 atom stereocenters. The molecule has 1 spiro atoms. The zero-order chi connectivity index (χ0) is 17.7. The molecule has 1 aromatic carbocycles. The number of piperidine rings is 1. The monoisotopic (exact) mass is 366 g/mol. The molecule has 0 bridgehead atoms. The largest absolute Gasteiger partial charge is 0.347 e. The van der Waals surface area contributed by atoms with E-state index in [-0.39, 0.29) is 5.91 Å². The van der Waals surface area contributed by atoms with E-state index in [1.165, 1.54) is 4.31 Å². The van der Waals surface area contributed by atoms with Crippen molar-refractivity contribution in [1.29, 1.82) is 0 Å². The van der Waals surface area contributed by atoms with Crippen LogP contribution in [0.5, 0.6) is 0 Å². The van der Waals surface area contributed by atoms with Gasteiger partial charge in [0.15, 0.2) is 5.79 Å². The maximum absolute atomic E-state index is 13.0. The van der Waals surface area contributed by atoms with E-state index >= 15 is 0 Å². The minimum Gasteiger partial charge on any atom is -0.347 e.